The maximum atomic E-state index is 12.6. The third-order valence-corrected chi connectivity index (χ3v) is 4.79. The van der Waals surface area contributed by atoms with Crippen LogP contribution in [0.25, 0.3) is 0 Å². The Morgan fingerprint density at radius 1 is 1.28 bits per heavy atom. The highest BCUT2D eigenvalue weighted by Gasteiger charge is 2.72. The van der Waals surface area contributed by atoms with Gasteiger partial charge in [-0.2, -0.15) is 5.10 Å². The van der Waals surface area contributed by atoms with E-state index in [1.165, 1.54) is 6.92 Å². The number of benzene rings is 1. The van der Waals surface area contributed by atoms with Crippen LogP contribution in [-0.4, -0.2) is 29.5 Å². The monoisotopic (exact) mass is 342 g/mol. The number of hydrogen-bond acceptors (Lipinski definition) is 4. The van der Waals surface area contributed by atoms with E-state index in [1.54, 1.807) is 6.07 Å². The standard InChI is InChI=1S/C18H22N4O3/c1-9(2)19-16(24)13-14-17(25)22-21-15(18(13,14)4)11-7-5-6-8-12(11)20-10(3)23/h5-9,13-14H,1-4H3,(H,19,24)(H,20,23)(H,22,25)/t13-,14+,18+/m0/s1. The van der Waals surface area contributed by atoms with E-state index in [9.17, 15) is 14.4 Å². The fourth-order valence-electron chi connectivity index (χ4n) is 3.67. The van der Waals surface area contributed by atoms with Crippen molar-refractivity contribution in [3.8, 4) is 0 Å². The van der Waals surface area contributed by atoms with Crippen molar-refractivity contribution in [1.82, 2.24) is 10.7 Å². The van der Waals surface area contributed by atoms with Gasteiger partial charge in [-0.1, -0.05) is 25.1 Å². The molecular weight excluding hydrogens is 320 g/mol. The molecule has 3 N–H and O–H groups in total. The lowest BCUT2D eigenvalue weighted by Gasteiger charge is -2.21. The number of hydrogen-bond donors (Lipinski definition) is 3. The molecule has 0 bridgehead atoms. The number of carbonyl (C=O) groups excluding carboxylic acids is 3. The van der Waals surface area contributed by atoms with E-state index in [-0.39, 0.29) is 23.8 Å². The van der Waals surface area contributed by atoms with Crippen LogP contribution in [0.15, 0.2) is 29.4 Å². The third kappa shape index (κ3) is 2.79. The zero-order valence-electron chi connectivity index (χ0n) is 14.7. The molecule has 7 nitrogen and oxygen atoms in total. The number of para-hydroxylation sites is 1. The number of amides is 3. The molecule has 1 aromatic rings. The molecule has 1 saturated carbocycles. The number of anilines is 1. The Labute approximate surface area is 146 Å². The number of nitrogens with one attached hydrogen (secondary N) is 3. The molecule has 3 rings (SSSR count). The Hall–Kier alpha value is -2.70. The number of nitrogens with zero attached hydrogens (tertiary/aromatic N) is 1. The first kappa shape index (κ1) is 17.1. The van der Waals surface area contributed by atoms with Crippen molar-refractivity contribution in [3.63, 3.8) is 0 Å². The molecule has 1 aliphatic heterocycles. The van der Waals surface area contributed by atoms with Gasteiger partial charge < -0.3 is 10.6 Å². The molecule has 3 amide bonds. The second-order valence-corrected chi connectivity index (χ2v) is 7.06. The maximum Gasteiger partial charge on any atom is 0.245 e. The average molecular weight is 342 g/mol. The van der Waals surface area contributed by atoms with E-state index in [4.69, 9.17) is 0 Å². The molecule has 2 aliphatic rings. The first-order valence-electron chi connectivity index (χ1n) is 8.32. The molecular formula is C18H22N4O3. The van der Waals surface area contributed by atoms with E-state index in [2.05, 4.69) is 21.2 Å². The topological polar surface area (TPSA) is 99.7 Å². The lowest BCUT2D eigenvalue weighted by atomic mass is 9.89. The van der Waals surface area contributed by atoms with Gasteiger partial charge in [0.25, 0.3) is 0 Å². The van der Waals surface area contributed by atoms with Gasteiger partial charge in [0.1, 0.15) is 0 Å². The summed E-state index contributed by atoms with van der Waals surface area (Å²) >= 11 is 0. The largest absolute Gasteiger partial charge is 0.354 e. The van der Waals surface area contributed by atoms with Crippen LogP contribution in [0, 0.1) is 17.3 Å². The van der Waals surface area contributed by atoms with E-state index in [1.807, 2.05) is 39.0 Å². The highest BCUT2D eigenvalue weighted by molar-refractivity contribution is 6.19. The van der Waals surface area contributed by atoms with Gasteiger partial charge in [-0.25, -0.2) is 5.43 Å². The van der Waals surface area contributed by atoms with Gasteiger partial charge in [-0.3, -0.25) is 14.4 Å². The maximum absolute atomic E-state index is 12.6. The van der Waals surface area contributed by atoms with Gasteiger partial charge >= 0.3 is 0 Å². The SMILES string of the molecule is CC(=O)Nc1ccccc1C1=NNC(=O)[C@H]2[C@@H](C(=O)NC(C)C)[C@@]12C. The molecule has 132 valence electrons. The van der Waals surface area contributed by atoms with Crippen LogP contribution >= 0.6 is 0 Å². The molecule has 0 spiro atoms. The number of fused-ring (bicyclic) bond motifs is 1. The fourth-order valence-corrected chi connectivity index (χ4v) is 3.67. The second kappa shape index (κ2) is 5.98. The summed E-state index contributed by atoms with van der Waals surface area (Å²) in [5.41, 5.74) is 3.78. The minimum atomic E-state index is -0.685. The summed E-state index contributed by atoms with van der Waals surface area (Å²) in [5.74, 6) is -1.51. The highest BCUT2D eigenvalue weighted by Crippen LogP contribution is 2.62. The third-order valence-electron chi connectivity index (χ3n) is 4.79. The van der Waals surface area contributed by atoms with Gasteiger partial charge in [0.05, 0.1) is 17.5 Å². The quantitative estimate of drug-likeness (QED) is 0.768. The molecule has 0 saturated heterocycles. The smallest absolute Gasteiger partial charge is 0.245 e. The fraction of sp³-hybridized carbons (Fsp3) is 0.444. The Morgan fingerprint density at radius 2 is 1.96 bits per heavy atom. The number of hydrazone groups is 1. The lowest BCUT2D eigenvalue weighted by Crippen LogP contribution is -2.35. The number of carbonyl (C=O) groups is 3. The predicted octanol–water partition coefficient (Wildman–Crippen LogP) is 1.26. The normalized spacial score (nSPS) is 27.1. The summed E-state index contributed by atoms with van der Waals surface area (Å²) in [7, 11) is 0. The van der Waals surface area contributed by atoms with Gasteiger partial charge in [0.2, 0.25) is 17.7 Å². The van der Waals surface area contributed by atoms with Gasteiger partial charge in [0, 0.05) is 29.6 Å². The minimum Gasteiger partial charge on any atom is -0.354 e. The van der Waals surface area contributed by atoms with Crippen LogP contribution in [0.5, 0.6) is 0 Å². The Kier molecular flexibility index (Phi) is 4.10. The second-order valence-electron chi connectivity index (χ2n) is 7.06. The molecule has 1 aliphatic carbocycles. The first-order valence-corrected chi connectivity index (χ1v) is 8.32. The van der Waals surface area contributed by atoms with Crippen molar-refractivity contribution < 1.29 is 14.4 Å². The zero-order valence-corrected chi connectivity index (χ0v) is 14.7. The molecule has 7 heteroatoms. The van der Waals surface area contributed by atoms with Gasteiger partial charge in [-0.15, -0.1) is 0 Å². The summed E-state index contributed by atoms with van der Waals surface area (Å²) in [6.45, 7) is 7.08. The van der Waals surface area contributed by atoms with Crippen LogP contribution in [0.3, 0.4) is 0 Å². The minimum absolute atomic E-state index is 0.00568. The summed E-state index contributed by atoms with van der Waals surface area (Å²) in [6, 6.07) is 7.25. The zero-order chi connectivity index (χ0) is 18.4. The Morgan fingerprint density at radius 3 is 2.60 bits per heavy atom. The summed E-state index contributed by atoms with van der Waals surface area (Å²) in [4.78, 5) is 36.3. The first-order chi connectivity index (χ1) is 11.8. The number of rotatable bonds is 4. The molecule has 1 fully saturated rings. The van der Waals surface area contributed by atoms with E-state index in [0.29, 0.717) is 17.0 Å². The van der Waals surface area contributed by atoms with Crippen molar-refractivity contribution in [1.29, 1.82) is 0 Å². The molecule has 0 radical (unpaired) electrons. The molecule has 0 unspecified atom stereocenters. The molecule has 1 heterocycles. The van der Waals surface area contributed by atoms with Crippen LogP contribution in [0.2, 0.25) is 0 Å². The summed E-state index contributed by atoms with van der Waals surface area (Å²) in [5, 5.41) is 9.90. The van der Waals surface area contributed by atoms with Crippen molar-refractivity contribution >= 4 is 29.1 Å². The lowest BCUT2D eigenvalue weighted by molar-refractivity contribution is -0.127. The highest BCUT2D eigenvalue weighted by atomic mass is 16.2. The van der Waals surface area contributed by atoms with Crippen molar-refractivity contribution in [3.05, 3.63) is 29.8 Å². The van der Waals surface area contributed by atoms with E-state index >= 15 is 0 Å². The molecule has 25 heavy (non-hydrogen) atoms. The molecule has 0 aromatic heterocycles. The molecule has 1 aromatic carbocycles. The van der Waals surface area contributed by atoms with Crippen molar-refractivity contribution in [2.24, 2.45) is 22.4 Å². The van der Waals surface area contributed by atoms with Crippen LogP contribution in [-0.2, 0) is 14.4 Å². The van der Waals surface area contributed by atoms with Crippen LogP contribution in [0.1, 0.15) is 33.3 Å². The Balaban J connectivity index is 2.00. The van der Waals surface area contributed by atoms with Crippen LogP contribution < -0.4 is 16.1 Å². The Bertz CT molecular complexity index is 786. The molecule has 3 atom stereocenters. The van der Waals surface area contributed by atoms with Gasteiger partial charge in [-0.05, 0) is 19.9 Å². The van der Waals surface area contributed by atoms with Gasteiger partial charge in [0.15, 0.2) is 0 Å². The van der Waals surface area contributed by atoms with E-state index in [0.717, 1.165) is 0 Å². The van der Waals surface area contributed by atoms with Crippen molar-refractivity contribution in [2.75, 3.05) is 5.32 Å². The van der Waals surface area contributed by atoms with E-state index < -0.39 is 17.3 Å². The predicted molar refractivity (Wildman–Crippen MR) is 93.8 cm³/mol. The van der Waals surface area contributed by atoms with Crippen molar-refractivity contribution in [2.45, 2.75) is 33.7 Å². The summed E-state index contributed by atoms with van der Waals surface area (Å²) < 4.78 is 0. The van der Waals surface area contributed by atoms with Crippen LogP contribution in [0.4, 0.5) is 5.69 Å². The summed E-state index contributed by atoms with van der Waals surface area (Å²) in [6.07, 6.45) is 0. The average Bonchev–Trinajstić information content (AvgIpc) is 3.15.